The predicted molar refractivity (Wildman–Crippen MR) is 83.1 cm³/mol. The zero-order chi connectivity index (χ0) is 13.7. The Bertz CT molecular complexity index is 387. The van der Waals surface area contributed by atoms with Crippen LogP contribution in [0, 0.1) is 5.92 Å². The number of rotatable bonds is 7. The molecule has 0 amide bonds. The highest BCUT2D eigenvalue weighted by Crippen LogP contribution is 2.37. The summed E-state index contributed by atoms with van der Waals surface area (Å²) in [5.74, 6) is 0.592. The van der Waals surface area contributed by atoms with Crippen LogP contribution in [-0.4, -0.2) is 18.3 Å². The van der Waals surface area contributed by atoms with E-state index in [4.69, 9.17) is 16.7 Å². The molecule has 2 atom stereocenters. The Morgan fingerprint density at radius 2 is 2.37 bits per heavy atom. The molecule has 2 unspecified atom stereocenters. The average molecular weight is 302 g/mol. The summed E-state index contributed by atoms with van der Waals surface area (Å²) >= 11 is 7.87. The third-order valence-electron chi connectivity index (χ3n) is 3.97. The van der Waals surface area contributed by atoms with Gasteiger partial charge in [-0.3, -0.25) is 0 Å². The topological polar surface area (TPSA) is 32.3 Å². The molecule has 1 aromatic rings. The molecule has 2 nitrogen and oxygen atoms in total. The summed E-state index contributed by atoms with van der Waals surface area (Å²) in [5, 5.41) is 12.8. The fourth-order valence-electron chi connectivity index (χ4n) is 2.98. The zero-order valence-corrected chi connectivity index (χ0v) is 13.2. The maximum atomic E-state index is 9.12. The number of nitrogens with one attached hydrogen (secondary N) is 1. The fourth-order valence-corrected chi connectivity index (χ4v) is 4.37. The molecule has 1 heterocycles. The Balaban J connectivity index is 1.92. The van der Waals surface area contributed by atoms with Crippen molar-refractivity contribution < 1.29 is 5.11 Å². The van der Waals surface area contributed by atoms with Crippen molar-refractivity contribution in [3.8, 4) is 0 Å². The Morgan fingerprint density at radius 1 is 1.53 bits per heavy atom. The van der Waals surface area contributed by atoms with Crippen molar-refractivity contribution in [1.29, 1.82) is 0 Å². The Labute approximate surface area is 125 Å². The number of aliphatic hydroxyl groups excluding tert-OH is 1. The first kappa shape index (κ1) is 15.3. The maximum Gasteiger partial charge on any atom is 0.0934 e. The van der Waals surface area contributed by atoms with E-state index in [-0.39, 0.29) is 0 Å². The molecular formula is C15H24ClNOS. The van der Waals surface area contributed by atoms with Crippen LogP contribution < -0.4 is 5.32 Å². The molecule has 0 spiro atoms. The second-order valence-electron chi connectivity index (χ2n) is 5.45. The van der Waals surface area contributed by atoms with Gasteiger partial charge in [-0.1, -0.05) is 24.9 Å². The summed E-state index contributed by atoms with van der Waals surface area (Å²) < 4.78 is 0.916. The van der Waals surface area contributed by atoms with Gasteiger partial charge < -0.3 is 10.4 Å². The summed E-state index contributed by atoms with van der Waals surface area (Å²) in [7, 11) is 0. The summed E-state index contributed by atoms with van der Waals surface area (Å²) in [5.41, 5.74) is 1.42. The van der Waals surface area contributed by atoms with E-state index in [1.807, 2.05) is 0 Å². The van der Waals surface area contributed by atoms with E-state index in [1.54, 1.807) is 11.3 Å². The number of thiophene rings is 1. The first-order valence-corrected chi connectivity index (χ1v) is 8.56. The van der Waals surface area contributed by atoms with Crippen LogP contribution in [0.1, 0.15) is 55.5 Å². The van der Waals surface area contributed by atoms with Crippen LogP contribution in [0.2, 0.25) is 4.34 Å². The van der Waals surface area contributed by atoms with E-state index in [0.29, 0.717) is 18.6 Å². The number of halogens is 1. The molecule has 19 heavy (non-hydrogen) atoms. The minimum atomic E-state index is 0.298. The van der Waals surface area contributed by atoms with Crippen molar-refractivity contribution in [3.05, 3.63) is 20.8 Å². The fraction of sp³-hybridized carbons (Fsp3) is 0.733. The van der Waals surface area contributed by atoms with Crippen molar-refractivity contribution in [2.75, 3.05) is 13.2 Å². The highest BCUT2D eigenvalue weighted by molar-refractivity contribution is 7.16. The van der Waals surface area contributed by atoms with Gasteiger partial charge in [-0.25, -0.2) is 0 Å². The predicted octanol–water partition coefficient (Wildman–Crippen LogP) is 4.17. The molecule has 2 N–H and O–H groups in total. The molecule has 108 valence electrons. The lowest BCUT2D eigenvalue weighted by molar-refractivity contribution is 0.243. The third kappa shape index (κ3) is 4.19. The lowest BCUT2D eigenvalue weighted by Gasteiger charge is -2.26. The maximum absolute atomic E-state index is 9.12. The van der Waals surface area contributed by atoms with Crippen LogP contribution in [-0.2, 0) is 6.42 Å². The molecule has 0 saturated carbocycles. The summed E-state index contributed by atoms with van der Waals surface area (Å²) in [6.45, 7) is 3.51. The van der Waals surface area contributed by atoms with Crippen molar-refractivity contribution in [2.24, 2.45) is 5.92 Å². The zero-order valence-electron chi connectivity index (χ0n) is 11.6. The van der Waals surface area contributed by atoms with Crippen molar-refractivity contribution in [3.63, 3.8) is 0 Å². The van der Waals surface area contributed by atoms with Crippen molar-refractivity contribution in [1.82, 2.24) is 5.32 Å². The molecule has 4 heteroatoms. The minimum Gasteiger partial charge on any atom is -0.396 e. The van der Waals surface area contributed by atoms with Gasteiger partial charge in [0.15, 0.2) is 0 Å². The molecule has 0 radical (unpaired) electrons. The lowest BCUT2D eigenvalue weighted by Crippen LogP contribution is -2.29. The number of aliphatic hydroxyl groups is 1. The van der Waals surface area contributed by atoms with Crippen LogP contribution in [0.3, 0.4) is 0 Å². The van der Waals surface area contributed by atoms with E-state index < -0.39 is 0 Å². The second kappa shape index (κ2) is 7.63. The monoisotopic (exact) mass is 301 g/mol. The van der Waals surface area contributed by atoms with Gasteiger partial charge in [-0.15, -0.1) is 11.3 Å². The molecule has 0 saturated heterocycles. The van der Waals surface area contributed by atoms with Crippen LogP contribution in [0.4, 0.5) is 0 Å². The van der Waals surface area contributed by atoms with Crippen molar-refractivity contribution >= 4 is 22.9 Å². The summed E-state index contributed by atoms with van der Waals surface area (Å²) in [6, 6.07) is 2.60. The van der Waals surface area contributed by atoms with Crippen LogP contribution in [0.25, 0.3) is 0 Å². The highest BCUT2D eigenvalue weighted by atomic mass is 35.5. The third-order valence-corrected chi connectivity index (χ3v) is 5.31. The number of hydrogen-bond donors (Lipinski definition) is 2. The van der Waals surface area contributed by atoms with Gasteiger partial charge in [0, 0.05) is 17.5 Å². The van der Waals surface area contributed by atoms with Gasteiger partial charge in [0.1, 0.15) is 0 Å². The smallest absolute Gasteiger partial charge is 0.0934 e. The number of aryl methyl sites for hydroxylation is 1. The van der Waals surface area contributed by atoms with Crippen LogP contribution >= 0.6 is 22.9 Å². The molecule has 0 aliphatic heterocycles. The molecule has 0 bridgehead atoms. The van der Waals surface area contributed by atoms with Gasteiger partial charge in [0.05, 0.1) is 4.34 Å². The van der Waals surface area contributed by atoms with Gasteiger partial charge in [0.25, 0.3) is 0 Å². The van der Waals surface area contributed by atoms with Crippen LogP contribution in [0.15, 0.2) is 6.07 Å². The number of fused-ring (bicyclic) bond motifs is 1. The molecule has 1 aliphatic rings. The van der Waals surface area contributed by atoms with E-state index in [1.165, 1.54) is 42.5 Å². The van der Waals surface area contributed by atoms with Crippen LogP contribution in [0.5, 0.6) is 0 Å². The SMILES string of the molecule is CCCC(CCO)CNC1CCCc2sc(Cl)cc21. The Kier molecular flexibility index (Phi) is 6.14. The molecule has 2 rings (SSSR count). The van der Waals surface area contributed by atoms with E-state index in [0.717, 1.165) is 17.3 Å². The standard InChI is InChI=1S/C15H24ClNOS/c1-2-4-11(7-8-18)10-17-13-5-3-6-14-12(13)9-15(16)19-14/h9,11,13,17-18H,2-8,10H2,1H3. The van der Waals surface area contributed by atoms with Gasteiger partial charge in [-0.2, -0.15) is 0 Å². The molecule has 1 aliphatic carbocycles. The largest absolute Gasteiger partial charge is 0.396 e. The van der Waals surface area contributed by atoms with E-state index in [9.17, 15) is 0 Å². The molecule has 1 aromatic heterocycles. The van der Waals surface area contributed by atoms with Crippen molar-refractivity contribution in [2.45, 2.75) is 51.5 Å². The van der Waals surface area contributed by atoms with E-state index >= 15 is 0 Å². The Hall–Kier alpha value is -0.0900. The Morgan fingerprint density at radius 3 is 3.11 bits per heavy atom. The average Bonchev–Trinajstić information content (AvgIpc) is 2.77. The lowest BCUT2D eigenvalue weighted by atomic mass is 9.92. The second-order valence-corrected chi connectivity index (χ2v) is 7.22. The van der Waals surface area contributed by atoms with Gasteiger partial charge >= 0.3 is 0 Å². The van der Waals surface area contributed by atoms with Gasteiger partial charge in [-0.05, 0) is 56.2 Å². The quantitative estimate of drug-likeness (QED) is 0.792. The first-order valence-electron chi connectivity index (χ1n) is 7.37. The van der Waals surface area contributed by atoms with E-state index in [2.05, 4.69) is 18.3 Å². The molecule has 0 aromatic carbocycles. The normalized spacial score (nSPS) is 20.3. The number of hydrogen-bond acceptors (Lipinski definition) is 3. The highest BCUT2D eigenvalue weighted by Gasteiger charge is 2.23. The van der Waals surface area contributed by atoms with Gasteiger partial charge in [0.2, 0.25) is 0 Å². The molecular weight excluding hydrogens is 278 g/mol. The summed E-state index contributed by atoms with van der Waals surface area (Å²) in [6.07, 6.45) is 6.92. The first-order chi connectivity index (χ1) is 9.24. The minimum absolute atomic E-state index is 0.298. The summed E-state index contributed by atoms with van der Waals surface area (Å²) in [4.78, 5) is 1.46. The molecule has 0 fully saturated rings.